The minimum atomic E-state index is -0.395. The number of nitrogens with zero attached hydrogens (tertiary/aromatic N) is 3. The summed E-state index contributed by atoms with van der Waals surface area (Å²) < 4.78 is 6.83. The lowest BCUT2D eigenvalue weighted by atomic mass is 10.0. The molecule has 3 aromatic rings. The van der Waals surface area contributed by atoms with Gasteiger partial charge in [0.15, 0.2) is 11.0 Å². The Morgan fingerprint density at radius 1 is 1.22 bits per heavy atom. The number of thiophene rings is 1. The Balaban J connectivity index is 1.43. The van der Waals surface area contributed by atoms with E-state index in [1.807, 2.05) is 23.7 Å². The first-order chi connectivity index (χ1) is 15.4. The molecule has 0 aliphatic heterocycles. The fraction of sp³-hybridized carbons (Fsp3) is 0.391. The number of aromatic nitrogens is 3. The van der Waals surface area contributed by atoms with E-state index in [1.165, 1.54) is 35.8 Å². The molecule has 168 valence electrons. The molecule has 1 N–H and O–H groups in total. The smallest absolute Gasteiger partial charge is 0.341 e. The molecule has 0 saturated heterocycles. The maximum atomic E-state index is 12.6. The zero-order chi connectivity index (χ0) is 22.8. The number of methoxy groups -OCH3 is 1. The molecule has 0 radical (unpaired) electrons. The Bertz CT molecular complexity index is 1150. The third-order valence-electron chi connectivity index (χ3n) is 5.57. The molecule has 7 nitrogen and oxygen atoms in total. The molecule has 32 heavy (non-hydrogen) atoms. The number of carbonyl (C=O) groups is 2. The van der Waals surface area contributed by atoms with Crippen molar-refractivity contribution >= 4 is 40.0 Å². The molecule has 0 bridgehead atoms. The Morgan fingerprint density at radius 3 is 2.66 bits per heavy atom. The van der Waals surface area contributed by atoms with Crippen LogP contribution in [0.25, 0.3) is 11.4 Å². The van der Waals surface area contributed by atoms with Crippen LogP contribution in [0.5, 0.6) is 0 Å². The molecular formula is C23H26N4O3S2. The van der Waals surface area contributed by atoms with Gasteiger partial charge in [-0.2, -0.15) is 0 Å². The first-order valence-electron chi connectivity index (χ1n) is 10.5. The van der Waals surface area contributed by atoms with Crippen molar-refractivity contribution in [3.8, 4) is 11.4 Å². The van der Waals surface area contributed by atoms with Crippen molar-refractivity contribution in [2.45, 2.75) is 44.2 Å². The number of nitrogens with one attached hydrogen (secondary N) is 1. The first kappa shape index (κ1) is 22.5. The number of hydrogen-bond acceptors (Lipinski definition) is 7. The number of fused-ring (bicyclic) bond motifs is 1. The Labute approximate surface area is 195 Å². The number of amides is 1. The van der Waals surface area contributed by atoms with E-state index < -0.39 is 5.97 Å². The summed E-state index contributed by atoms with van der Waals surface area (Å²) in [4.78, 5) is 26.1. The minimum Gasteiger partial charge on any atom is -0.465 e. The van der Waals surface area contributed by atoms with E-state index in [0.29, 0.717) is 21.6 Å². The predicted octanol–water partition coefficient (Wildman–Crippen LogP) is 4.67. The summed E-state index contributed by atoms with van der Waals surface area (Å²) in [6, 6.07) is 8.30. The van der Waals surface area contributed by atoms with Crippen LogP contribution in [0.15, 0.2) is 29.4 Å². The molecule has 4 rings (SSSR count). The summed E-state index contributed by atoms with van der Waals surface area (Å²) in [7, 11) is 3.26. The number of esters is 1. The molecule has 2 aromatic heterocycles. The van der Waals surface area contributed by atoms with Gasteiger partial charge in [-0.3, -0.25) is 4.79 Å². The predicted molar refractivity (Wildman–Crippen MR) is 128 cm³/mol. The third kappa shape index (κ3) is 4.45. The number of aryl methyl sites for hydroxylation is 1. The van der Waals surface area contributed by atoms with Crippen molar-refractivity contribution in [3.63, 3.8) is 0 Å². The fourth-order valence-corrected chi connectivity index (χ4v) is 5.82. The molecule has 1 aromatic carbocycles. The lowest BCUT2D eigenvalue weighted by Crippen LogP contribution is -2.16. The van der Waals surface area contributed by atoms with Gasteiger partial charge in [-0.1, -0.05) is 49.9 Å². The van der Waals surface area contributed by atoms with Gasteiger partial charge in [0.1, 0.15) is 5.00 Å². The maximum Gasteiger partial charge on any atom is 0.341 e. The number of benzene rings is 1. The summed E-state index contributed by atoms with van der Waals surface area (Å²) in [5.74, 6) is 0.810. The topological polar surface area (TPSA) is 86.1 Å². The van der Waals surface area contributed by atoms with Gasteiger partial charge in [0.2, 0.25) is 5.91 Å². The van der Waals surface area contributed by atoms with Crippen LogP contribution in [0.3, 0.4) is 0 Å². The van der Waals surface area contributed by atoms with Gasteiger partial charge in [0.25, 0.3) is 0 Å². The summed E-state index contributed by atoms with van der Waals surface area (Å²) >= 11 is 2.79. The lowest BCUT2D eigenvalue weighted by molar-refractivity contribution is -0.113. The van der Waals surface area contributed by atoms with Crippen LogP contribution < -0.4 is 5.32 Å². The quantitative estimate of drug-likeness (QED) is 0.399. The van der Waals surface area contributed by atoms with E-state index >= 15 is 0 Å². The number of anilines is 1. The van der Waals surface area contributed by atoms with E-state index in [0.717, 1.165) is 41.1 Å². The first-order valence-corrected chi connectivity index (χ1v) is 12.3. The van der Waals surface area contributed by atoms with Crippen LogP contribution >= 0.6 is 23.1 Å². The van der Waals surface area contributed by atoms with Crippen molar-refractivity contribution in [2.24, 2.45) is 7.05 Å². The van der Waals surface area contributed by atoms with Crippen LogP contribution in [0.2, 0.25) is 0 Å². The van der Waals surface area contributed by atoms with E-state index in [1.54, 1.807) is 0 Å². The summed E-state index contributed by atoms with van der Waals surface area (Å²) in [6.07, 6.45) is 2.82. The van der Waals surface area contributed by atoms with Gasteiger partial charge >= 0.3 is 5.97 Å². The Morgan fingerprint density at radius 2 is 1.97 bits per heavy atom. The number of carbonyl (C=O) groups excluding carboxylic acids is 2. The van der Waals surface area contributed by atoms with Crippen molar-refractivity contribution in [2.75, 3.05) is 18.2 Å². The second-order valence-electron chi connectivity index (χ2n) is 8.03. The van der Waals surface area contributed by atoms with Crippen molar-refractivity contribution in [3.05, 3.63) is 45.8 Å². The standard InChI is InChI=1S/C23H26N4O3S2/c1-13(2)14-8-10-15(11-9-14)20-25-26-23(27(20)3)31-12-18(28)24-21-19(22(29)30-4)16-6-5-7-17(16)32-21/h8-11,13H,5-7,12H2,1-4H3,(H,24,28). The highest BCUT2D eigenvalue weighted by Crippen LogP contribution is 2.39. The molecule has 2 heterocycles. The van der Waals surface area contributed by atoms with E-state index in [-0.39, 0.29) is 11.7 Å². The van der Waals surface area contributed by atoms with Crippen LogP contribution in [-0.2, 0) is 29.4 Å². The number of thioether (sulfide) groups is 1. The zero-order valence-corrected chi connectivity index (χ0v) is 20.2. The molecule has 0 saturated carbocycles. The van der Waals surface area contributed by atoms with E-state index in [9.17, 15) is 9.59 Å². The lowest BCUT2D eigenvalue weighted by Gasteiger charge is -2.08. The molecule has 9 heteroatoms. The van der Waals surface area contributed by atoms with Gasteiger partial charge in [-0.05, 0) is 36.3 Å². The summed E-state index contributed by atoms with van der Waals surface area (Å²) in [5.41, 5.74) is 3.78. The normalized spacial score (nSPS) is 12.8. The molecular weight excluding hydrogens is 444 g/mol. The number of hydrogen-bond donors (Lipinski definition) is 1. The van der Waals surface area contributed by atoms with Crippen LogP contribution in [0.1, 0.15) is 52.5 Å². The second-order valence-corrected chi connectivity index (χ2v) is 10.1. The van der Waals surface area contributed by atoms with Crippen molar-refractivity contribution in [1.29, 1.82) is 0 Å². The molecule has 1 amide bonds. The molecule has 0 unspecified atom stereocenters. The van der Waals surface area contributed by atoms with Crippen molar-refractivity contribution < 1.29 is 14.3 Å². The van der Waals surface area contributed by atoms with Gasteiger partial charge in [0, 0.05) is 17.5 Å². The average molecular weight is 471 g/mol. The SMILES string of the molecule is COC(=O)c1c(NC(=O)CSc2nnc(-c3ccc(C(C)C)cc3)n2C)sc2c1CCC2. The third-order valence-corrected chi connectivity index (χ3v) is 7.79. The van der Waals surface area contributed by atoms with Crippen LogP contribution in [0, 0.1) is 0 Å². The average Bonchev–Trinajstić information content (AvgIpc) is 3.46. The Kier molecular flexibility index (Phi) is 6.66. The van der Waals surface area contributed by atoms with Gasteiger partial charge < -0.3 is 14.6 Å². The summed E-state index contributed by atoms with van der Waals surface area (Å²) in [6.45, 7) is 4.32. The van der Waals surface area contributed by atoms with Crippen LogP contribution in [-0.4, -0.2) is 39.5 Å². The molecule has 0 atom stereocenters. The number of rotatable bonds is 7. The van der Waals surface area contributed by atoms with E-state index in [4.69, 9.17) is 4.74 Å². The van der Waals surface area contributed by atoms with Gasteiger partial charge in [0.05, 0.1) is 18.4 Å². The Hall–Kier alpha value is -2.65. The highest BCUT2D eigenvalue weighted by molar-refractivity contribution is 7.99. The second kappa shape index (κ2) is 9.46. The fourth-order valence-electron chi connectivity index (χ4n) is 3.81. The summed E-state index contributed by atoms with van der Waals surface area (Å²) in [5, 5.41) is 12.7. The largest absolute Gasteiger partial charge is 0.465 e. The zero-order valence-electron chi connectivity index (χ0n) is 18.6. The van der Waals surface area contributed by atoms with Gasteiger partial charge in [-0.15, -0.1) is 21.5 Å². The van der Waals surface area contributed by atoms with Gasteiger partial charge in [-0.25, -0.2) is 4.79 Å². The van der Waals surface area contributed by atoms with E-state index in [2.05, 4.69) is 41.5 Å². The highest BCUT2D eigenvalue weighted by atomic mass is 32.2. The molecule has 0 fully saturated rings. The van der Waals surface area contributed by atoms with Crippen molar-refractivity contribution in [1.82, 2.24) is 14.8 Å². The maximum absolute atomic E-state index is 12.6. The highest BCUT2D eigenvalue weighted by Gasteiger charge is 2.28. The molecule has 1 aliphatic rings. The minimum absolute atomic E-state index is 0.168. The number of ether oxygens (including phenoxy) is 1. The monoisotopic (exact) mass is 470 g/mol. The van der Waals surface area contributed by atoms with Crippen LogP contribution in [0.4, 0.5) is 5.00 Å². The molecule has 1 aliphatic carbocycles. The molecule has 0 spiro atoms.